The Hall–Kier alpha value is -0.160. The number of piperazine rings is 1. The Morgan fingerprint density at radius 2 is 1.58 bits per heavy atom. The summed E-state index contributed by atoms with van der Waals surface area (Å²) in [5.41, 5.74) is 5.67. The van der Waals surface area contributed by atoms with Crippen molar-refractivity contribution in [3.8, 4) is 0 Å². The Balaban J connectivity index is 1.38. The van der Waals surface area contributed by atoms with Gasteiger partial charge >= 0.3 is 0 Å². The minimum atomic E-state index is 0.324. The van der Waals surface area contributed by atoms with Gasteiger partial charge in [-0.3, -0.25) is 9.80 Å². The van der Waals surface area contributed by atoms with Crippen LogP contribution in [0.25, 0.3) is 0 Å². The molecule has 0 spiro atoms. The van der Waals surface area contributed by atoms with Crippen LogP contribution in [0.2, 0.25) is 0 Å². The molecule has 0 aromatic heterocycles. The van der Waals surface area contributed by atoms with Crippen LogP contribution >= 0.6 is 0 Å². The zero-order valence-electron chi connectivity index (χ0n) is 12.1. The highest BCUT2D eigenvalue weighted by Crippen LogP contribution is 2.25. The topological polar surface area (TPSA) is 41.7 Å². The molecule has 0 radical (unpaired) electrons. The Morgan fingerprint density at radius 1 is 0.895 bits per heavy atom. The van der Waals surface area contributed by atoms with E-state index in [4.69, 9.17) is 10.5 Å². The molecule has 2 saturated heterocycles. The molecule has 1 aliphatic carbocycles. The highest BCUT2D eigenvalue weighted by atomic mass is 16.5. The smallest absolute Gasteiger partial charge is 0.0707 e. The van der Waals surface area contributed by atoms with Crippen LogP contribution in [0.5, 0.6) is 0 Å². The molecule has 2 atom stereocenters. The average molecular weight is 267 g/mol. The van der Waals surface area contributed by atoms with Gasteiger partial charge in [0.1, 0.15) is 0 Å². The Kier molecular flexibility index (Phi) is 4.74. The predicted octanol–water partition coefficient (Wildman–Crippen LogP) is 1.05. The van der Waals surface area contributed by atoms with Crippen LogP contribution in [0.4, 0.5) is 0 Å². The second-order valence-electron chi connectivity index (χ2n) is 6.47. The standard InChI is InChI=1S/C15H29N3O/c16-11-14-5-6-15(19-14)12-17-7-9-18(10-8-17)13-3-1-2-4-13/h13-15H,1-12,16H2. The highest BCUT2D eigenvalue weighted by molar-refractivity contribution is 4.84. The van der Waals surface area contributed by atoms with Crippen molar-refractivity contribution in [1.82, 2.24) is 9.80 Å². The summed E-state index contributed by atoms with van der Waals surface area (Å²) in [7, 11) is 0. The summed E-state index contributed by atoms with van der Waals surface area (Å²) in [6.07, 6.45) is 8.88. The lowest BCUT2D eigenvalue weighted by Gasteiger charge is -2.38. The summed E-state index contributed by atoms with van der Waals surface area (Å²) in [6, 6.07) is 0.895. The second kappa shape index (κ2) is 6.53. The van der Waals surface area contributed by atoms with Crippen molar-refractivity contribution >= 4 is 0 Å². The van der Waals surface area contributed by atoms with E-state index >= 15 is 0 Å². The number of hydrogen-bond donors (Lipinski definition) is 1. The lowest BCUT2D eigenvalue weighted by molar-refractivity contribution is 0.0113. The number of nitrogens with two attached hydrogens (primary N) is 1. The van der Waals surface area contributed by atoms with Crippen LogP contribution < -0.4 is 5.73 Å². The molecule has 2 N–H and O–H groups in total. The van der Waals surface area contributed by atoms with Crippen molar-refractivity contribution in [1.29, 1.82) is 0 Å². The highest BCUT2D eigenvalue weighted by Gasteiger charge is 2.29. The molecule has 1 saturated carbocycles. The van der Waals surface area contributed by atoms with Gasteiger partial charge in [-0.1, -0.05) is 12.8 Å². The SMILES string of the molecule is NCC1CCC(CN2CCN(C3CCCC3)CC2)O1. The van der Waals surface area contributed by atoms with Crippen molar-refractivity contribution in [2.45, 2.75) is 56.8 Å². The zero-order valence-corrected chi connectivity index (χ0v) is 12.1. The molecule has 2 unspecified atom stereocenters. The van der Waals surface area contributed by atoms with E-state index in [0.29, 0.717) is 18.8 Å². The molecule has 19 heavy (non-hydrogen) atoms. The van der Waals surface area contributed by atoms with Gasteiger partial charge in [0, 0.05) is 45.3 Å². The third kappa shape index (κ3) is 3.48. The molecule has 3 aliphatic rings. The van der Waals surface area contributed by atoms with Crippen molar-refractivity contribution in [3.63, 3.8) is 0 Å². The normalized spacial score (nSPS) is 35.2. The average Bonchev–Trinajstić information content (AvgIpc) is 3.10. The quantitative estimate of drug-likeness (QED) is 0.827. The molecule has 3 fully saturated rings. The van der Waals surface area contributed by atoms with Gasteiger partial charge in [0.2, 0.25) is 0 Å². The van der Waals surface area contributed by atoms with E-state index in [9.17, 15) is 0 Å². The maximum atomic E-state index is 5.96. The maximum absolute atomic E-state index is 5.96. The monoisotopic (exact) mass is 267 g/mol. The van der Waals surface area contributed by atoms with Crippen LogP contribution in [0.1, 0.15) is 38.5 Å². The van der Waals surface area contributed by atoms with Crippen LogP contribution in [-0.4, -0.2) is 67.3 Å². The molecule has 3 rings (SSSR count). The minimum absolute atomic E-state index is 0.324. The number of rotatable bonds is 4. The van der Waals surface area contributed by atoms with E-state index < -0.39 is 0 Å². The van der Waals surface area contributed by atoms with Gasteiger partial charge < -0.3 is 10.5 Å². The van der Waals surface area contributed by atoms with Gasteiger partial charge in [0.15, 0.2) is 0 Å². The van der Waals surface area contributed by atoms with Gasteiger partial charge in [-0.2, -0.15) is 0 Å². The fourth-order valence-corrected chi connectivity index (χ4v) is 3.96. The first kappa shape index (κ1) is 13.8. The molecule has 0 aromatic carbocycles. The molecule has 0 aromatic rings. The lowest BCUT2D eigenvalue weighted by Crippen LogP contribution is -2.51. The molecule has 4 nitrogen and oxygen atoms in total. The first-order valence-electron chi connectivity index (χ1n) is 8.17. The fourth-order valence-electron chi connectivity index (χ4n) is 3.96. The molecule has 110 valence electrons. The first-order valence-corrected chi connectivity index (χ1v) is 8.17. The maximum Gasteiger partial charge on any atom is 0.0707 e. The van der Waals surface area contributed by atoms with Crippen LogP contribution in [0.3, 0.4) is 0 Å². The molecular formula is C15H29N3O. The molecular weight excluding hydrogens is 238 g/mol. The third-order valence-electron chi connectivity index (χ3n) is 5.17. The number of ether oxygens (including phenoxy) is 1. The van der Waals surface area contributed by atoms with Gasteiger partial charge in [0.25, 0.3) is 0 Å². The van der Waals surface area contributed by atoms with E-state index in [0.717, 1.165) is 19.0 Å². The molecule has 4 heteroatoms. The Labute approximate surface area is 117 Å². The Bertz CT molecular complexity index is 273. The summed E-state index contributed by atoms with van der Waals surface area (Å²) < 4.78 is 5.96. The predicted molar refractivity (Wildman–Crippen MR) is 77.2 cm³/mol. The first-order chi connectivity index (χ1) is 9.35. The molecule has 2 aliphatic heterocycles. The van der Waals surface area contributed by atoms with E-state index in [1.54, 1.807) is 0 Å². The zero-order chi connectivity index (χ0) is 13.1. The van der Waals surface area contributed by atoms with Crippen LogP contribution in [0.15, 0.2) is 0 Å². The minimum Gasteiger partial charge on any atom is -0.372 e. The van der Waals surface area contributed by atoms with Gasteiger partial charge in [-0.05, 0) is 25.7 Å². The lowest BCUT2D eigenvalue weighted by atomic mass is 10.1. The summed E-state index contributed by atoms with van der Waals surface area (Å²) in [5.74, 6) is 0. The van der Waals surface area contributed by atoms with E-state index in [2.05, 4.69) is 9.80 Å². The fraction of sp³-hybridized carbons (Fsp3) is 1.00. The summed E-state index contributed by atoms with van der Waals surface area (Å²) in [6.45, 7) is 6.78. The van der Waals surface area contributed by atoms with Crippen molar-refractivity contribution in [2.24, 2.45) is 5.73 Å². The van der Waals surface area contributed by atoms with Crippen LogP contribution in [-0.2, 0) is 4.74 Å². The molecule has 0 amide bonds. The number of hydrogen-bond acceptors (Lipinski definition) is 4. The molecule has 2 heterocycles. The van der Waals surface area contributed by atoms with Crippen molar-refractivity contribution < 1.29 is 4.74 Å². The number of nitrogens with zero attached hydrogens (tertiary/aromatic N) is 2. The van der Waals surface area contributed by atoms with E-state index in [1.165, 1.54) is 58.3 Å². The second-order valence-corrected chi connectivity index (χ2v) is 6.47. The van der Waals surface area contributed by atoms with Gasteiger partial charge in [-0.25, -0.2) is 0 Å². The van der Waals surface area contributed by atoms with E-state index in [1.807, 2.05) is 0 Å². The van der Waals surface area contributed by atoms with Gasteiger partial charge in [-0.15, -0.1) is 0 Å². The summed E-state index contributed by atoms with van der Waals surface area (Å²) >= 11 is 0. The molecule has 0 bridgehead atoms. The van der Waals surface area contributed by atoms with Gasteiger partial charge in [0.05, 0.1) is 12.2 Å². The largest absolute Gasteiger partial charge is 0.372 e. The third-order valence-corrected chi connectivity index (χ3v) is 5.17. The summed E-state index contributed by atoms with van der Waals surface area (Å²) in [4.78, 5) is 5.32. The van der Waals surface area contributed by atoms with E-state index in [-0.39, 0.29) is 0 Å². The van der Waals surface area contributed by atoms with Crippen molar-refractivity contribution in [3.05, 3.63) is 0 Å². The Morgan fingerprint density at radius 3 is 2.21 bits per heavy atom. The van der Waals surface area contributed by atoms with Crippen LogP contribution in [0, 0.1) is 0 Å². The van der Waals surface area contributed by atoms with Crippen molar-refractivity contribution in [2.75, 3.05) is 39.3 Å². The summed E-state index contributed by atoms with van der Waals surface area (Å²) in [5, 5.41) is 0.